The first-order valence-corrected chi connectivity index (χ1v) is 8.55. The van der Waals surface area contributed by atoms with Gasteiger partial charge < -0.3 is 10.4 Å². The molecule has 0 saturated carbocycles. The van der Waals surface area contributed by atoms with Gasteiger partial charge in [-0.2, -0.15) is 10.2 Å². The monoisotopic (exact) mass is 367 g/mol. The van der Waals surface area contributed by atoms with Gasteiger partial charge in [0.15, 0.2) is 0 Å². The number of carbonyl (C=O) groups excluding carboxylic acids is 1. The highest BCUT2D eigenvalue weighted by Crippen LogP contribution is 2.18. The summed E-state index contributed by atoms with van der Waals surface area (Å²) in [5.74, 6) is -1.43. The number of aryl methyl sites for hydroxylation is 1. The van der Waals surface area contributed by atoms with Crippen LogP contribution in [0, 0.1) is 13.8 Å². The molecule has 140 valence electrons. The summed E-state index contributed by atoms with van der Waals surface area (Å²) in [5.41, 5.74) is 3.62. The summed E-state index contributed by atoms with van der Waals surface area (Å²) in [6.45, 7) is 5.76. The van der Waals surface area contributed by atoms with Gasteiger partial charge in [0, 0.05) is 24.0 Å². The molecule has 0 aliphatic heterocycles. The van der Waals surface area contributed by atoms with Gasteiger partial charge in [0.05, 0.1) is 11.4 Å². The number of hydrogen-bond donors (Lipinski definition) is 2. The molecule has 8 nitrogen and oxygen atoms in total. The van der Waals surface area contributed by atoms with Crippen molar-refractivity contribution in [1.82, 2.24) is 24.9 Å². The van der Waals surface area contributed by atoms with Crippen LogP contribution in [0.3, 0.4) is 0 Å². The molecule has 0 aliphatic rings. The summed E-state index contributed by atoms with van der Waals surface area (Å²) in [7, 11) is 0. The van der Waals surface area contributed by atoms with E-state index in [2.05, 4.69) is 15.5 Å². The van der Waals surface area contributed by atoms with E-state index >= 15 is 0 Å². The molecule has 2 heterocycles. The third kappa shape index (κ3) is 3.59. The predicted octanol–water partition coefficient (Wildman–Crippen LogP) is 2.26. The fraction of sp³-hybridized carbons (Fsp3) is 0.263. The number of aromatic nitrogens is 4. The highest BCUT2D eigenvalue weighted by atomic mass is 16.4. The van der Waals surface area contributed by atoms with Gasteiger partial charge in [-0.3, -0.25) is 4.79 Å². The highest BCUT2D eigenvalue weighted by Gasteiger charge is 2.22. The van der Waals surface area contributed by atoms with E-state index in [0.29, 0.717) is 6.54 Å². The Morgan fingerprint density at radius 3 is 2.56 bits per heavy atom. The van der Waals surface area contributed by atoms with Crippen molar-refractivity contribution < 1.29 is 14.7 Å². The number of amides is 1. The normalized spacial score (nSPS) is 12.0. The fourth-order valence-electron chi connectivity index (χ4n) is 2.98. The van der Waals surface area contributed by atoms with Gasteiger partial charge >= 0.3 is 5.97 Å². The minimum absolute atomic E-state index is 0.0260. The lowest BCUT2D eigenvalue weighted by Crippen LogP contribution is -2.32. The van der Waals surface area contributed by atoms with E-state index in [4.69, 9.17) is 0 Å². The maximum Gasteiger partial charge on any atom is 0.354 e. The molecule has 0 radical (unpaired) electrons. The zero-order valence-electron chi connectivity index (χ0n) is 15.4. The van der Waals surface area contributed by atoms with Gasteiger partial charge in [0.1, 0.15) is 11.7 Å². The summed E-state index contributed by atoms with van der Waals surface area (Å²) in [4.78, 5) is 23.7. The minimum atomic E-state index is -1.12. The van der Waals surface area contributed by atoms with Crippen LogP contribution in [0.25, 0.3) is 5.69 Å². The Labute approximate surface area is 156 Å². The Hall–Kier alpha value is -3.42. The number of nitrogens with zero attached hydrogens (tertiary/aromatic N) is 4. The Kier molecular flexibility index (Phi) is 5.07. The number of carboxylic acids is 1. The second-order valence-corrected chi connectivity index (χ2v) is 6.26. The average molecular weight is 367 g/mol. The topological polar surface area (TPSA) is 102 Å². The molecule has 8 heteroatoms. The maximum atomic E-state index is 12.5. The van der Waals surface area contributed by atoms with Gasteiger partial charge in [-0.1, -0.05) is 18.2 Å². The van der Waals surface area contributed by atoms with E-state index in [9.17, 15) is 14.7 Å². The maximum absolute atomic E-state index is 12.5. The lowest BCUT2D eigenvalue weighted by atomic mass is 10.2. The summed E-state index contributed by atoms with van der Waals surface area (Å²) in [6.07, 6.45) is 1.37. The van der Waals surface area contributed by atoms with Crippen molar-refractivity contribution in [3.05, 3.63) is 65.2 Å². The Morgan fingerprint density at radius 2 is 1.89 bits per heavy atom. The van der Waals surface area contributed by atoms with Crippen LogP contribution in [0.5, 0.6) is 0 Å². The molecule has 2 aromatic heterocycles. The Balaban J connectivity index is 1.75. The van der Waals surface area contributed by atoms with Crippen molar-refractivity contribution in [3.63, 3.8) is 0 Å². The van der Waals surface area contributed by atoms with Crippen molar-refractivity contribution in [1.29, 1.82) is 0 Å². The molecule has 2 N–H and O–H groups in total. The van der Waals surface area contributed by atoms with Crippen LogP contribution in [-0.2, 0) is 11.3 Å². The second-order valence-electron chi connectivity index (χ2n) is 6.26. The molecule has 0 aliphatic carbocycles. The van der Waals surface area contributed by atoms with E-state index < -0.39 is 12.0 Å². The molecule has 3 rings (SSSR count). The number of carbonyl (C=O) groups is 2. The molecule has 0 spiro atoms. The first kappa shape index (κ1) is 18.4. The van der Waals surface area contributed by atoms with Crippen LogP contribution >= 0.6 is 0 Å². The first-order valence-electron chi connectivity index (χ1n) is 8.55. The number of para-hydroxylation sites is 1. The third-order valence-electron chi connectivity index (χ3n) is 4.52. The van der Waals surface area contributed by atoms with E-state index in [1.54, 1.807) is 6.92 Å². The molecule has 1 aromatic carbocycles. The van der Waals surface area contributed by atoms with Crippen molar-refractivity contribution in [3.8, 4) is 5.69 Å². The van der Waals surface area contributed by atoms with E-state index in [1.165, 1.54) is 16.9 Å². The molecule has 0 fully saturated rings. The molecule has 3 aromatic rings. The van der Waals surface area contributed by atoms with Crippen LogP contribution in [0.4, 0.5) is 0 Å². The number of carboxylic acid groups (broad SMARTS) is 1. The number of aromatic carboxylic acids is 1. The van der Waals surface area contributed by atoms with Crippen LogP contribution < -0.4 is 5.32 Å². The molecule has 1 atom stereocenters. The molecular formula is C19H21N5O3. The second kappa shape index (κ2) is 7.45. The van der Waals surface area contributed by atoms with Crippen LogP contribution in [0.15, 0.2) is 42.6 Å². The number of rotatable bonds is 6. The van der Waals surface area contributed by atoms with Crippen molar-refractivity contribution in [2.75, 3.05) is 0 Å². The Morgan fingerprint density at radius 1 is 1.19 bits per heavy atom. The van der Waals surface area contributed by atoms with Crippen LogP contribution in [0.2, 0.25) is 0 Å². The average Bonchev–Trinajstić information content (AvgIpc) is 3.25. The van der Waals surface area contributed by atoms with Gasteiger partial charge in [-0.15, -0.1) is 0 Å². The van der Waals surface area contributed by atoms with Gasteiger partial charge in [0.25, 0.3) is 0 Å². The lowest BCUT2D eigenvalue weighted by molar-refractivity contribution is -0.124. The van der Waals surface area contributed by atoms with E-state index in [-0.39, 0.29) is 11.6 Å². The zero-order chi connectivity index (χ0) is 19.6. The molecule has 27 heavy (non-hydrogen) atoms. The first-order chi connectivity index (χ1) is 12.9. The summed E-state index contributed by atoms with van der Waals surface area (Å²) in [5, 5.41) is 20.5. The standard InChI is InChI=1S/C19H21N5O3/c1-12-16(13(2)23(22-12)15-7-5-4-6-8-15)11-20-18(25)14(3)24-17(19(26)27)9-10-21-24/h4-10,14H,11H2,1-3H3,(H,20,25)(H,26,27). The highest BCUT2D eigenvalue weighted by molar-refractivity contribution is 5.87. The van der Waals surface area contributed by atoms with Gasteiger partial charge in [0.2, 0.25) is 5.91 Å². The summed E-state index contributed by atoms with van der Waals surface area (Å²) >= 11 is 0. The van der Waals surface area contributed by atoms with Crippen molar-refractivity contribution in [2.24, 2.45) is 0 Å². The van der Waals surface area contributed by atoms with Gasteiger partial charge in [-0.25, -0.2) is 14.2 Å². The number of nitrogens with one attached hydrogen (secondary N) is 1. The molecule has 0 saturated heterocycles. The largest absolute Gasteiger partial charge is 0.477 e. The fourth-order valence-corrected chi connectivity index (χ4v) is 2.98. The summed E-state index contributed by atoms with van der Waals surface area (Å²) < 4.78 is 3.04. The quantitative estimate of drug-likeness (QED) is 0.696. The Bertz CT molecular complexity index is 975. The van der Waals surface area contributed by atoms with E-state index in [1.807, 2.05) is 48.9 Å². The van der Waals surface area contributed by atoms with E-state index in [0.717, 1.165) is 22.6 Å². The van der Waals surface area contributed by atoms with Gasteiger partial charge in [-0.05, 0) is 39.0 Å². The third-order valence-corrected chi connectivity index (χ3v) is 4.52. The smallest absolute Gasteiger partial charge is 0.354 e. The number of hydrogen-bond acceptors (Lipinski definition) is 4. The van der Waals surface area contributed by atoms with Crippen molar-refractivity contribution in [2.45, 2.75) is 33.4 Å². The summed E-state index contributed by atoms with van der Waals surface area (Å²) in [6, 6.07) is 10.4. The van der Waals surface area contributed by atoms with Crippen LogP contribution in [-0.4, -0.2) is 36.5 Å². The van der Waals surface area contributed by atoms with Crippen molar-refractivity contribution >= 4 is 11.9 Å². The molecule has 1 unspecified atom stereocenters. The lowest BCUT2D eigenvalue weighted by Gasteiger charge is -2.14. The predicted molar refractivity (Wildman–Crippen MR) is 98.8 cm³/mol. The molecular weight excluding hydrogens is 346 g/mol. The van der Waals surface area contributed by atoms with Crippen LogP contribution in [0.1, 0.15) is 40.4 Å². The minimum Gasteiger partial charge on any atom is -0.477 e. The molecule has 1 amide bonds. The molecule has 0 bridgehead atoms. The SMILES string of the molecule is Cc1nn(-c2ccccc2)c(C)c1CNC(=O)C(C)n1nccc1C(=O)O. The number of benzene rings is 1. The zero-order valence-corrected chi connectivity index (χ0v) is 15.4.